The Hall–Kier alpha value is -2.79. The maximum absolute atomic E-state index is 12.8. The average molecular weight is 490 g/mol. The fourth-order valence-corrected chi connectivity index (χ4v) is 5.60. The van der Waals surface area contributed by atoms with Crippen LogP contribution in [0.15, 0.2) is 30.5 Å². The molecule has 3 saturated heterocycles. The van der Waals surface area contributed by atoms with Gasteiger partial charge in [0.15, 0.2) is 5.82 Å². The number of sulfonamides is 1. The zero-order valence-electron chi connectivity index (χ0n) is 19.5. The van der Waals surface area contributed by atoms with Crippen molar-refractivity contribution < 1.29 is 22.7 Å². The van der Waals surface area contributed by atoms with Gasteiger partial charge in [0.05, 0.1) is 37.2 Å². The molecule has 0 saturated carbocycles. The molecule has 1 N–H and O–H groups in total. The summed E-state index contributed by atoms with van der Waals surface area (Å²) >= 11 is 0. The summed E-state index contributed by atoms with van der Waals surface area (Å²) in [5.74, 6) is 1.02. The van der Waals surface area contributed by atoms with Crippen LogP contribution in [0.25, 0.3) is 0 Å². The maximum Gasteiger partial charge on any atom is 0.344 e. The van der Waals surface area contributed by atoms with Gasteiger partial charge in [0, 0.05) is 38.2 Å². The Balaban J connectivity index is 1.22. The molecule has 2 bridgehead atoms. The van der Waals surface area contributed by atoms with E-state index in [2.05, 4.69) is 39.8 Å². The third-order valence-electron chi connectivity index (χ3n) is 6.71. The summed E-state index contributed by atoms with van der Waals surface area (Å²) in [5.41, 5.74) is 2.36. The van der Waals surface area contributed by atoms with Crippen molar-refractivity contribution in [3.05, 3.63) is 36.0 Å². The highest BCUT2D eigenvalue weighted by atomic mass is 32.2. The second-order valence-corrected chi connectivity index (χ2v) is 11.2. The second-order valence-electron chi connectivity index (χ2n) is 9.41. The first kappa shape index (κ1) is 23.0. The highest BCUT2D eigenvalue weighted by Crippen LogP contribution is 2.40. The van der Waals surface area contributed by atoms with Crippen molar-refractivity contribution in [1.82, 2.24) is 14.7 Å². The summed E-state index contributed by atoms with van der Waals surface area (Å²) in [4.78, 5) is 17.0. The molecule has 0 aliphatic carbocycles. The molecule has 11 heteroatoms. The Morgan fingerprint density at radius 2 is 1.82 bits per heavy atom. The smallest absolute Gasteiger partial charge is 0.344 e. The summed E-state index contributed by atoms with van der Waals surface area (Å²) in [6, 6.07) is 8.35. The minimum atomic E-state index is -3.45. The summed E-state index contributed by atoms with van der Waals surface area (Å²) in [6.45, 7) is 4.72. The molecule has 0 radical (unpaired) electrons. The Morgan fingerprint density at radius 1 is 1.12 bits per heavy atom. The number of nitrogens with zero attached hydrogens (tertiary/aromatic N) is 4. The van der Waals surface area contributed by atoms with E-state index in [9.17, 15) is 13.2 Å². The molecular formula is C23H31N5O5S. The molecule has 2 atom stereocenters. The number of anilines is 2. The highest BCUT2D eigenvalue weighted by molar-refractivity contribution is 7.92. The van der Waals surface area contributed by atoms with Crippen LogP contribution in [0.1, 0.15) is 31.2 Å². The van der Waals surface area contributed by atoms with E-state index in [1.807, 2.05) is 0 Å². The molecule has 4 heterocycles. The Bertz CT molecular complexity index is 1140. The molecular weight excluding hydrogens is 458 g/mol. The van der Waals surface area contributed by atoms with Crippen molar-refractivity contribution in [2.75, 3.05) is 42.2 Å². The van der Waals surface area contributed by atoms with Crippen LogP contribution in [-0.4, -0.2) is 79.9 Å². The average Bonchev–Trinajstić information content (AvgIpc) is 3.34. The van der Waals surface area contributed by atoms with Crippen LogP contribution < -0.4 is 14.4 Å². The number of rotatable bonds is 5. The van der Waals surface area contributed by atoms with Crippen LogP contribution in [0.3, 0.4) is 0 Å². The Kier molecular flexibility index (Phi) is 6.15. The summed E-state index contributed by atoms with van der Waals surface area (Å²) in [7, 11) is -3.45. The van der Waals surface area contributed by atoms with E-state index >= 15 is 0 Å². The van der Waals surface area contributed by atoms with Gasteiger partial charge >= 0.3 is 6.03 Å². The number of amides is 1. The zero-order valence-corrected chi connectivity index (χ0v) is 20.3. The molecule has 3 aliphatic rings. The van der Waals surface area contributed by atoms with Crippen LogP contribution in [0.5, 0.6) is 5.75 Å². The number of aromatic nitrogens is 2. The van der Waals surface area contributed by atoms with Crippen molar-refractivity contribution >= 4 is 27.6 Å². The van der Waals surface area contributed by atoms with E-state index in [0.717, 1.165) is 43.7 Å². The number of carbonyl (C=O) groups is 1. The van der Waals surface area contributed by atoms with Crippen molar-refractivity contribution in [2.45, 2.75) is 50.8 Å². The van der Waals surface area contributed by atoms with Gasteiger partial charge in [-0.05, 0) is 37.5 Å². The predicted molar refractivity (Wildman–Crippen MR) is 128 cm³/mol. The summed E-state index contributed by atoms with van der Waals surface area (Å²) in [5, 5.41) is 4.04. The highest BCUT2D eigenvalue weighted by Gasteiger charge is 2.39. The Labute approximate surface area is 199 Å². The lowest BCUT2D eigenvalue weighted by Crippen LogP contribution is -2.46. The van der Waals surface area contributed by atoms with Crippen molar-refractivity contribution in [3.8, 4) is 5.75 Å². The predicted octanol–water partition coefficient (Wildman–Crippen LogP) is 2.44. The second kappa shape index (κ2) is 9.10. The number of likely N-dealkylation sites (tertiary alicyclic amines) is 1. The first-order valence-electron chi connectivity index (χ1n) is 11.7. The molecule has 5 rings (SSSR count). The number of aryl methyl sites for hydroxylation is 1. The van der Waals surface area contributed by atoms with Crippen molar-refractivity contribution in [1.29, 1.82) is 0 Å². The quantitative estimate of drug-likeness (QED) is 0.688. The van der Waals surface area contributed by atoms with E-state index in [-0.39, 0.29) is 18.0 Å². The van der Waals surface area contributed by atoms with Crippen molar-refractivity contribution in [2.24, 2.45) is 0 Å². The topological polar surface area (TPSA) is 106 Å². The standard InChI is InChI=1S/C23H31N5O5S/c1-16-3-6-21(20(13-16)28-17-4-5-18(28)15-32-14-17)33-19-7-10-26(11-8-19)23(29)27-12-9-22(24-27)25-34(2,30)31/h3,6,9,12-13,17-19H,4-5,7-8,10-11,14-15H2,1-2H3,(H,24,25). The lowest BCUT2D eigenvalue weighted by atomic mass is 10.1. The van der Waals surface area contributed by atoms with E-state index in [0.29, 0.717) is 38.0 Å². The molecule has 2 unspecified atom stereocenters. The van der Waals surface area contributed by atoms with Gasteiger partial charge in [-0.1, -0.05) is 6.07 Å². The number of hydrogen-bond donors (Lipinski definition) is 1. The molecule has 2 aromatic rings. The summed E-state index contributed by atoms with van der Waals surface area (Å²) in [6.07, 6.45) is 6.25. The number of fused-ring (bicyclic) bond motifs is 2. The molecule has 184 valence electrons. The van der Waals surface area contributed by atoms with Gasteiger partial charge in [-0.2, -0.15) is 4.68 Å². The first-order chi connectivity index (χ1) is 16.3. The zero-order chi connectivity index (χ0) is 23.9. The summed E-state index contributed by atoms with van der Waals surface area (Å²) < 4.78 is 38.4. The van der Waals surface area contributed by atoms with E-state index in [1.165, 1.54) is 22.5 Å². The lowest BCUT2D eigenvalue weighted by Gasteiger charge is -2.38. The molecule has 10 nitrogen and oxygen atoms in total. The van der Waals surface area contributed by atoms with Crippen LogP contribution in [0.4, 0.5) is 16.3 Å². The fraction of sp³-hybridized carbons (Fsp3) is 0.565. The first-order valence-corrected chi connectivity index (χ1v) is 13.6. The number of nitrogens with one attached hydrogen (secondary N) is 1. The van der Waals surface area contributed by atoms with E-state index in [4.69, 9.17) is 9.47 Å². The molecule has 34 heavy (non-hydrogen) atoms. The number of benzene rings is 1. The number of hydrogen-bond acceptors (Lipinski definition) is 7. The van der Waals surface area contributed by atoms with Gasteiger partial charge < -0.3 is 19.3 Å². The van der Waals surface area contributed by atoms with E-state index in [1.54, 1.807) is 4.90 Å². The largest absolute Gasteiger partial charge is 0.488 e. The van der Waals surface area contributed by atoms with Gasteiger partial charge in [0.2, 0.25) is 10.0 Å². The third-order valence-corrected chi connectivity index (χ3v) is 7.29. The van der Waals surface area contributed by atoms with Gasteiger partial charge in [0.25, 0.3) is 0 Å². The van der Waals surface area contributed by atoms with Crippen LogP contribution in [0.2, 0.25) is 0 Å². The number of morpholine rings is 1. The van der Waals surface area contributed by atoms with Crippen molar-refractivity contribution in [3.63, 3.8) is 0 Å². The maximum atomic E-state index is 12.8. The normalized spacial score (nSPS) is 23.2. The fourth-order valence-electron chi connectivity index (χ4n) is 5.11. The van der Waals surface area contributed by atoms with Crippen LogP contribution in [-0.2, 0) is 14.8 Å². The minimum absolute atomic E-state index is 0.0179. The Morgan fingerprint density at radius 3 is 2.50 bits per heavy atom. The lowest BCUT2D eigenvalue weighted by molar-refractivity contribution is 0.0886. The van der Waals surface area contributed by atoms with Gasteiger partial charge in [-0.25, -0.2) is 13.2 Å². The molecule has 0 spiro atoms. The number of piperidine rings is 1. The van der Waals surface area contributed by atoms with E-state index < -0.39 is 10.0 Å². The molecule has 1 aromatic carbocycles. The van der Waals surface area contributed by atoms with Crippen LogP contribution >= 0.6 is 0 Å². The number of carbonyl (C=O) groups excluding carboxylic acids is 1. The van der Waals surface area contributed by atoms with Gasteiger partial charge in [-0.3, -0.25) is 4.72 Å². The number of ether oxygens (including phenoxy) is 2. The molecule has 3 fully saturated rings. The van der Waals surface area contributed by atoms with Gasteiger partial charge in [-0.15, -0.1) is 5.10 Å². The van der Waals surface area contributed by atoms with Crippen LogP contribution in [0, 0.1) is 6.92 Å². The minimum Gasteiger partial charge on any atom is -0.488 e. The molecule has 3 aliphatic heterocycles. The molecule has 1 amide bonds. The monoisotopic (exact) mass is 489 g/mol. The molecule has 1 aromatic heterocycles. The third kappa shape index (κ3) is 4.85. The van der Waals surface area contributed by atoms with Gasteiger partial charge in [0.1, 0.15) is 11.9 Å². The SMILES string of the molecule is Cc1ccc(OC2CCN(C(=O)n3ccc(NS(C)(=O)=O)n3)CC2)c(N2C3CCC2COC3)c1.